The van der Waals surface area contributed by atoms with E-state index in [1.54, 1.807) is 11.0 Å². The summed E-state index contributed by atoms with van der Waals surface area (Å²) in [5, 5.41) is 5.05. The summed E-state index contributed by atoms with van der Waals surface area (Å²) in [5.74, 6) is -0.309. The van der Waals surface area contributed by atoms with Gasteiger partial charge in [0.1, 0.15) is 5.69 Å². The summed E-state index contributed by atoms with van der Waals surface area (Å²) in [5.41, 5.74) is 6.60. The number of amides is 1. The lowest BCUT2D eigenvalue weighted by atomic mass is 10.1. The molecular formula is C13H21N5O3S. The number of primary sulfonamides is 1. The van der Waals surface area contributed by atoms with Crippen LogP contribution in [0.1, 0.15) is 42.4 Å². The van der Waals surface area contributed by atoms with Crippen molar-refractivity contribution in [1.82, 2.24) is 14.9 Å². The van der Waals surface area contributed by atoms with E-state index in [1.807, 2.05) is 13.8 Å². The Labute approximate surface area is 130 Å². The zero-order valence-electron chi connectivity index (χ0n) is 12.7. The highest BCUT2D eigenvalue weighted by molar-refractivity contribution is 7.89. The molecule has 0 spiro atoms. The number of anilines is 1. The average Bonchev–Trinajstić information content (AvgIpc) is 2.83. The Hall–Kier alpha value is -1.74. The van der Waals surface area contributed by atoms with Gasteiger partial charge in [-0.25, -0.2) is 23.5 Å². The molecule has 1 atom stereocenters. The standard InChI is InChI=1S/C13H21N5O3S/c1-8(2)10-5-11(17-13(14)16-10)12(19)18-4-3-9(6-18)7-22(15,20)21/h5,8-9H,3-4,6-7H2,1-2H3,(H2,14,16,17)(H2,15,20,21)/t9-/m1/s1. The summed E-state index contributed by atoms with van der Waals surface area (Å²) in [7, 11) is -3.53. The Bertz CT molecular complexity index is 674. The number of carbonyl (C=O) groups is 1. The molecule has 1 fully saturated rings. The van der Waals surface area contributed by atoms with Crippen molar-refractivity contribution in [3.8, 4) is 0 Å². The van der Waals surface area contributed by atoms with E-state index in [0.29, 0.717) is 25.2 Å². The number of hydrogen-bond acceptors (Lipinski definition) is 6. The van der Waals surface area contributed by atoms with Crippen LogP contribution < -0.4 is 10.9 Å². The number of carbonyl (C=O) groups excluding carboxylic acids is 1. The third-order valence-electron chi connectivity index (χ3n) is 3.61. The maximum absolute atomic E-state index is 12.5. The first-order valence-electron chi connectivity index (χ1n) is 7.10. The summed E-state index contributed by atoms with van der Waals surface area (Å²) in [4.78, 5) is 22.2. The van der Waals surface area contributed by atoms with Gasteiger partial charge in [0.05, 0.1) is 5.75 Å². The van der Waals surface area contributed by atoms with Gasteiger partial charge in [-0.15, -0.1) is 0 Å². The van der Waals surface area contributed by atoms with Crippen molar-refractivity contribution < 1.29 is 13.2 Å². The third-order valence-corrected chi connectivity index (χ3v) is 4.55. The van der Waals surface area contributed by atoms with E-state index in [2.05, 4.69) is 9.97 Å². The molecule has 22 heavy (non-hydrogen) atoms. The van der Waals surface area contributed by atoms with E-state index in [1.165, 1.54) is 0 Å². The van der Waals surface area contributed by atoms with Gasteiger partial charge in [-0.1, -0.05) is 13.8 Å². The normalized spacial score (nSPS) is 18.9. The zero-order chi connectivity index (χ0) is 16.5. The Kier molecular flexibility index (Phi) is 4.66. The van der Waals surface area contributed by atoms with Crippen LogP contribution >= 0.6 is 0 Å². The molecule has 1 aromatic rings. The Morgan fingerprint density at radius 3 is 2.73 bits per heavy atom. The molecule has 2 heterocycles. The van der Waals surface area contributed by atoms with Crippen molar-refractivity contribution in [3.05, 3.63) is 17.5 Å². The molecule has 0 radical (unpaired) electrons. The Morgan fingerprint density at radius 2 is 2.14 bits per heavy atom. The number of hydrogen-bond donors (Lipinski definition) is 2. The number of aromatic nitrogens is 2. The first kappa shape index (κ1) is 16.6. The largest absolute Gasteiger partial charge is 0.368 e. The predicted molar refractivity (Wildman–Crippen MR) is 82.5 cm³/mol. The lowest BCUT2D eigenvalue weighted by Gasteiger charge is -2.17. The SMILES string of the molecule is CC(C)c1cc(C(=O)N2CC[C@@H](CS(N)(=O)=O)C2)nc(N)n1. The number of rotatable bonds is 4. The van der Waals surface area contributed by atoms with Crippen molar-refractivity contribution in [1.29, 1.82) is 0 Å². The number of nitrogen functional groups attached to an aromatic ring is 1. The van der Waals surface area contributed by atoms with Crippen LogP contribution in [0.4, 0.5) is 5.95 Å². The minimum Gasteiger partial charge on any atom is -0.368 e. The van der Waals surface area contributed by atoms with E-state index in [-0.39, 0.29) is 35.1 Å². The minimum atomic E-state index is -3.53. The number of nitrogens with two attached hydrogens (primary N) is 2. The zero-order valence-corrected chi connectivity index (χ0v) is 13.5. The maximum atomic E-state index is 12.5. The van der Waals surface area contributed by atoms with Crippen molar-refractivity contribution in [2.24, 2.45) is 11.1 Å². The van der Waals surface area contributed by atoms with E-state index in [9.17, 15) is 13.2 Å². The van der Waals surface area contributed by atoms with Crippen LogP contribution in [0.15, 0.2) is 6.07 Å². The lowest BCUT2D eigenvalue weighted by molar-refractivity contribution is 0.0782. The molecule has 122 valence electrons. The Morgan fingerprint density at radius 1 is 1.45 bits per heavy atom. The van der Waals surface area contributed by atoms with Gasteiger partial charge in [-0.05, 0) is 24.3 Å². The van der Waals surface area contributed by atoms with Crippen molar-refractivity contribution >= 4 is 21.9 Å². The predicted octanol–water partition coefficient (Wildman–Crippen LogP) is -0.0672. The lowest BCUT2D eigenvalue weighted by Crippen LogP contribution is -2.31. The third kappa shape index (κ3) is 4.14. The highest BCUT2D eigenvalue weighted by Gasteiger charge is 2.30. The summed E-state index contributed by atoms with van der Waals surface area (Å²) in [6, 6.07) is 1.64. The van der Waals surface area contributed by atoms with Gasteiger partial charge >= 0.3 is 0 Å². The molecule has 0 aliphatic carbocycles. The second-order valence-corrected chi connectivity index (χ2v) is 7.59. The van der Waals surface area contributed by atoms with Crippen LogP contribution in [0, 0.1) is 5.92 Å². The molecule has 9 heteroatoms. The molecule has 4 N–H and O–H groups in total. The molecule has 1 aliphatic heterocycles. The highest BCUT2D eigenvalue weighted by Crippen LogP contribution is 2.21. The second kappa shape index (κ2) is 6.17. The second-order valence-electron chi connectivity index (χ2n) is 5.93. The van der Waals surface area contributed by atoms with Crippen molar-refractivity contribution in [2.75, 3.05) is 24.6 Å². The molecule has 1 aliphatic rings. The van der Waals surface area contributed by atoms with Gasteiger partial charge in [-0.3, -0.25) is 4.79 Å². The summed E-state index contributed by atoms with van der Waals surface area (Å²) >= 11 is 0. The molecule has 0 unspecified atom stereocenters. The quantitative estimate of drug-likeness (QED) is 0.795. The molecule has 1 amide bonds. The van der Waals surface area contributed by atoms with Crippen LogP contribution in [0.3, 0.4) is 0 Å². The molecule has 0 aromatic carbocycles. The van der Waals surface area contributed by atoms with Gasteiger partial charge < -0.3 is 10.6 Å². The first-order valence-corrected chi connectivity index (χ1v) is 8.81. The van der Waals surface area contributed by atoms with E-state index < -0.39 is 10.0 Å². The van der Waals surface area contributed by atoms with Crippen LogP contribution in [-0.4, -0.2) is 48.0 Å². The molecule has 0 bridgehead atoms. The van der Waals surface area contributed by atoms with Gasteiger partial charge in [0.2, 0.25) is 16.0 Å². The summed E-state index contributed by atoms with van der Waals surface area (Å²) in [6.07, 6.45) is 0.611. The van der Waals surface area contributed by atoms with E-state index in [0.717, 1.165) is 0 Å². The van der Waals surface area contributed by atoms with Crippen molar-refractivity contribution in [3.63, 3.8) is 0 Å². The van der Waals surface area contributed by atoms with Crippen molar-refractivity contribution in [2.45, 2.75) is 26.2 Å². The summed E-state index contributed by atoms with van der Waals surface area (Å²) in [6.45, 7) is 4.75. The maximum Gasteiger partial charge on any atom is 0.272 e. The molecule has 1 aromatic heterocycles. The molecule has 2 rings (SSSR count). The fourth-order valence-electron chi connectivity index (χ4n) is 2.53. The fraction of sp³-hybridized carbons (Fsp3) is 0.615. The fourth-order valence-corrected chi connectivity index (χ4v) is 3.46. The molecule has 1 saturated heterocycles. The van der Waals surface area contributed by atoms with Gasteiger partial charge in [-0.2, -0.15) is 0 Å². The number of nitrogens with zero attached hydrogens (tertiary/aromatic N) is 3. The van der Waals surface area contributed by atoms with Gasteiger partial charge in [0.15, 0.2) is 0 Å². The first-order chi connectivity index (χ1) is 10.2. The topological polar surface area (TPSA) is 132 Å². The van der Waals surface area contributed by atoms with E-state index >= 15 is 0 Å². The smallest absolute Gasteiger partial charge is 0.272 e. The van der Waals surface area contributed by atoms with Crippen LogP contribution in [0.5, 0.6) is 0 Å². The Balaban J connectivity index is 2.13. The minimum absolute atomic E-state index is 0.0647. The monoisotopic (exact) mass is 327 g/mol. The van der Waals surface area contributed by atoms with Crippen LogP contribution in [0.2, 0.25) is 0 Å². The molecule has 8 nitrogen and oxygen atoms in total. The average molecular weight is 327 g/mol. The van der Waals surface area contributed by atoms with Crippen LogP contribution in [0.25, 0.3) is 0 Å². The summed E-state index contributed by atoms with van der Waals surface area (Å²) < 4.78 is 22.3. The number of likely N-dealkylation sites (tertiary alicyclic amines) is 1. The van der Waals surface area contributed by atoms with E-state index in [4.69, 9.17) is 10.9 Å². The molecule has 0 saturated carbocycles. The van der Waals surface area contributed by atoms with Crippen LogP contribution in [-0.2, 0) is 10.0 Å². The van der Waals surface area contributed by atoms with Gasteiger partial charge in [0.25, 0.3) is 5.91 Å². The molecular weight excluding hydrogens is 306 g/mol. The number of sulfonamides is 1. The van der Waals surface area contributed by atoms with Gasteiger partial charge in [0, 0.05) is 18.8 Å². The highest BCUT2D eigenvalue weighted by atomic mass is 32.2.